The maximum atomic E-state index is 11.5. The standard InChI is InChI=1S/C13H14N4OS/c1-7-5-11(17(2)16-7)19-8-3-4-9-10(6-8)15-13(18)12(9)14/h3-6,12H,14H2,1-2H3,(H,15,18). The number of nitrogens with zero attached hydrogens (tertiary/aromatic N) is 2. The van der Waals surface area contributed by atoms with Crippen LogP contribution in [-0.4, -0.2) is 15.7 Å². The first kappa shape index (κ1) is 12.3. The quantitative estimate of drug-likeness (QED) is 0.876. The molecular weight excluding hydrogens is 260 g/mol. The summed E-state index contributed by atoms with van der Waals surface area (Å²) in [6, 6.07) is 7.32. The largest absolute Gasteiger partial charge is 0.324 e. The van der Waals surface area contributed by atoms with E-state index in [9.17, 15) is 4.79 Å². The van der Waals surface area contributed by atoms with E-state index >= 15 is 0 Å². The molecule has 98 valence electrons. The van der Waals surface area contributed by atoms with Gasteiger partial charge in [0, 0.05) is 23.2 Å². The molecule has 3 N–H and O–H groups in total. The van der Waals surface area contributed by atoms with Crippen LogP contribution in [0.5, 0.6) is 0 Å². The summed E-state index contributed by atoms with van der Waals surface area (Å²) in [5.41, 5.74) is 8.44. The van der Waals surface area contributed by atoms with E-state index in [4.69, 9.17) is 5.73 Å². The fraction of sp³-hybridized carbons (Fsp3) is 0.231. The number of hydrogen-bond acceptors (Lipinski definition) is 4. The van der Waals surface area contributed by atoms with E-state index in [0.29, 0.717) is 0 Å². The van der Waals surface area contributed by atoms with Crippen LogP contribution in [0.4, 0.5) is 5.69 Å². The topological polar surface area (TPSA) is 72.9 Å². The van der Waals surface area contributed by atoms with Crippen LogP contribution in [0.25, 0.3) is 0 Å². The number of nitrogens with two attached hydrogens (primary N) is 1. The van der Waals surface area contributed by atoms with Gasteiger partial charge in [0.2, 0.25) is 5.91 Å². The van der Waals surface area contributed by atoms with E-state index in [2.05, 4.69) is 10.4 Å². The van der Waals surface area contributed by atoms with Crippen LogP contribution in [-0.2, 0) is 11.8 Å². The van der Waals surface area contributed by atoms with Crippen LogP contribution in [0.3, 0.4) is 0 Å². The Morgan fingerprint density at radius 3 is 2.89 bits per heavy atom. The molecule has 1 aliphatic rings. The van der Waals surface area contributed by atoms with Gasteiger partial charge in [0.25, 0.3) is 0 Å². The number of rotatable bonds is 2. The SMILES string of the molecule is Cc1cc(Sc2ccc3c(c2)NC(=O)C3N)n(C)n1. The minimum absolute atomic E-state index is 0.145. The molecule has 2 heterocycles. The second-order valence-electron chi connectivity index (χ2n) is 4.57. The number of anilines is 1. The zero-order chi connectivity index (χ0) is 13.6. The second-order valence-corrected chi connectivity index (χ2v) is 5.66. The number of carbonyl (C=O) groups is 1. The monoisotopic (exact) mass is 274 g/mol. The summed E-state index contributed by atoms with van der Waals surface area (Å²) in [7, 11) is 1.92. The van der Waals surface area contributed by atoms with Gasteiger partial charge in [-0.2, -0.15) is 5.10 Å². The zero-order valence-corrected chi connectivity index (χ0v) is 11.5. The third kappa shape index (κ3) is 2.13. The summed E-state index contributed by atoms with van der Waals surface area (Å²) < 4.78 is 1.84. The molecule has 1 aromatic carbocycles. The molecule has 0 bridgehead atoms. The molecule has 1 aromatic heterocycles. The average molecular weight is 274 g/mol. The normalized spacial score (nSPS) is 17.4. The summed E-state index contributed by atoms with van der Waals surface area (Å²) in [5.74, 6) is -0.145. The van der Waals surface area contributed by atoms with Gasteiger partial charge >= 0.3 is 0 Å². The van der Waals surface area contributed by atoms with Gasteiger partial charge in [0.1, 0.15) is 6.04 Å². The summed E-state index contributed by atoms with van der Waals surface area (Å²) in [4.78, 5) is 12.6. The third-order valence-corrected chi connectivity index (χ3v) is 4.16. The lowest BCUT2D eigenvalue weighted by atomic mass is 10.1. The van der Waals surface area contributed by atoms with E-state index in [0.717, 1.165) is 26.9 Å². The molecule has 0 fully saturated rings. The molecule has 0 radical (unpaired) electrons. The maximum absolute atomic E-state index is 11.5. The second kappa shape index (κ2) is 4.40. The first-order valence-electron chi connectivity index (χ1n) is 5.93. The highest BCUT2D eigenvalue weighted by Gasteiger charge is 2.27. The number of aromatic nitrogens is 2. The van der Waals surface area contributed by atoms with Crippen molar-refractivity contribution in [1.82, 2.24) is 9.78 Å². The van der Waals surface area contributed by atoms with Gasteiger partial charge in [-0.1, -0.05) is 17.8 Å². The highest BCUT2D eigenvalue weighted by atomic mass is 32.2. The van der Waals surface area contributed by atoms with Crippen LogP contribution < -0.4 is 11.1 Å². The highest BCUT2D eigenvalue weighted by Crippen LogP contribution is 2.35. The number of benzene rings is 1. The highest BCUT2D eigenvalue weighted by molar-refractivity contribution is 7.99. The maximum Gasteiger partial charge on any atom is 0.245 e. The predicted octanol–water partition coefficient (Wildman–Crippen LogP) is 1.83. The van der Waals surface area contributed by atoms with Crippen molar-refractivity contribution in [2.75, 3.05) is 5.32 Å². The van der Waals surface area contributed by atoms with Crippen molar-refractivity contribution in [2.24, 2.45) is 12.8 Å². The third-order valence-electron chi connectivity index (χ3n) is 3.08. The molecular formula is C13H14N4OS. The smallest absolute Gasteiger partial charge is 0.245 e. The molecule has 0 aliphatic carbocycles. The lowest BCUT2D eigenvalue weighted by Gasteiger charge is -2.05. The van der Waals surface area contributed by atoms with Crippen molar-refractivity contribution >= 4 is 23.4 Å². The minimum atomic E-state index is -0.548. The molecule has 5 nitrogen and oxygen atoms in total. The molecule has 6 heteroatoms. The number of nitrogens with one attached hydrogen (secondary N) is 1. The minimum Gasteiger partial charge on any atom is -0.324 e. The van der Waals surface area contributed by atoms with Crippen LogP contribution >= 0.6 is 11.8 Å². The summed E-state index contributed by atoms with van der Waals surface area (Å²) >= 11 is 1.61. The van der Waals surface area contributed by atoms with Crippen molar-refractivity contribution in [3.63, 3.8) is 0 Å². The van der Waals surface area contributed by atoms with Crippen LogP contribution in [0.15, 0.2) is 34.2 Å². The van der Waals surface area contributed by atoms with E-state index in [1.54, 1.807) is 11.8 Å². The average Bonchev–Trinajstić information content (AvgIpc) is 2.81. The molecule has 3 rings (SSSR count). The first-order chi connectivity index (χ1) is 9.04. The molecule has 19 heavy (non-hydrogen) atoms. The number of hydrogen-bond donors (Lipinski definition) is 2. The molecule has 1 amide bonds. The number of carbonyl (C=O) groups excluding carboxylic acids is 1. The van der Waals surface area contributed by atoms with Crippen molar-refractivity contribution in [1.29, 1.82) is 0 Å². The van der Waals surface area contributed by atoms with Crippen molar-refractivity contribution in [3.05, 3.63) is 35.5 Å². The van der Waals surface area contributed by atoms with E-state index in [1.807, 2.05) is 42.9 Å². The summed E-state index contributed by atoms with van der Waals surface area (Å²) in [6.45, 7) is 1.96. The Morgan fingerprint density at radius 1 is 1.42 bits per heavy atom. The predicted molar refractivity (Wildman–Crippen MR) is 74.1 cm³/mol. The Morgan fingerprint density at radius 2 is 2.21 bits per heavy atom. The fourth-order valence-electron chi connectivity index (χ4n) is 2.13. The van der Waals surface area contributed by atoms with Gasteiger partial charge in [-0.05, 0) is 25.1 Å². The van der Waals surface area contributed by atoms with Gasteiger partial charge in [-0.25, -0.2) is 0 Å². The van der Waals surface area contributed by atoms with Gasteiger partial charge in [0.15, 0.2) is 0 Å². The van der Waals surface area contributed by atoms with Gasteiger partial charge < -0.3 is 11.1 Å². The van der Waals surface area contributed by atoms with Crippen molar-refractivity contribution < 1.29 is 4.79 Å². The van der Waals surface area contributed by atoms with Gasteiger partial charge in [-0.15, -0.1) is 0 Å². The molecule has 2 aromatic rings. The Labute approximate surface area is 115 Å². The van der Waals surface area contributed by atoms with Gasteiger partial charge in [-0.3, -0.25) is 9.48 Å². The van der Waals surface area contributed by atoms with Crippen molar-refractivity contribution in [3.8, 4) is 0 Å². The number of amides is 1. The molecule has 0 saturated heterocycles. The number of fused-ring (bicyclic) bond motifs is 1. The molecule has 1 atom stereocenters. The summed E-state index contributed by atoms with van der Waals surface area (Å²) in [5, 5.41) is 8.16. The van der Waals surface area contributed by atoms with E-state index in [-0.39, 0.29) is 5.91 Å². The Bertz CT molecular complexity index is 665. The zero-order valence-electron chi connectivity index (χ0n) is 10.7. The lowest BCUT2D eigenvalue weighted by molar-refractivity contribution is -0.116. The van der Waals surface area contributed by atoms with Crippen LogP contribution in [0, 0.1) is 6.92 Å². The lowest BCUT2D eigenvalue weighted by Crippen LogP contribution is -2.19. The number of aryl methyl sites for hydroxylation is 2. The van der Waals surface area contributed by atoms with Crippen LogP contribution in [0.2, 0.25) is 0 Å². The van der Waals surface area contributed by atoms with Crippen molar-refractivity contribution in [2.45, 2.75) is 22.9 Å². The molecule has 0 saturated carbocycles. The van der Waals surface area contributed by atoms with E-state index < -0.39 is 6.04 Å². The Hall–Kier alpha value is -1.79. The van der Waals surface area contributed by atoms with E-state index in [1.165, 1.54) is 0 Å². The van der Waals surface area contributed by atoms with Gasteiger partial charge in [0.05, 0.1) is 10.7 Å². The Balaban J connectivity index is 1.90. The summed E-state index contributed by atoms with van der Waals surface area (Å²) in [6.07, 6.45) is 0. The Kier molecular flexibility index (Phi) is 2.83. The fourth-order valence-corrected chi connectivity index (χ4v) is 3.09. The first-order valence-corrected chi connectivity index (χ1v) is 6.75. The molecule has 1 aliphatic heterocycles. The molecule has 1 unspecified atom stereocenters. The molecule has 0 spiro atoms. The van der Waals surface area contributed by atoms with Crippen LogP contribution in [0.1, 0.15) is 17.3 Å².